The Balaban J connectivity index is 1.55. The van der Waals surface area contributed by atoms with E-state index in [-0.39, 0.29) is 0 Å². The molecule has 5 rings (SSSR count). The van der Waals surface area contributed by atoms with E-state index in [2.05, 4.69) is 38.2 Å². The van der Waals surface area contributed by atoms with Gasteiger partial charge < -0.3 is 5.32 Å². The summed E-state index contributed by atoms with van der Waals surface area (Å²) < 4.78 is 0. The Kier molecular flexibility index (Phi) is 2.74. The largest absolute Gasteiger partial charge is 0.306 e. The van der Waals surface area contributed by atoms with Crippen LogP contribution >= 0.6 is 11.3 Å². The lowest BCUT2D eigenvalue weighted by atomic mass is 9.43. The summed E-state index contributed by atoms with van der Waals surface area (Å²) >= 11 is 1.95. The van der Waals surface area contributed by atoms with E-state index < -0.39 is 0 Å². The summed E-state index contributed by atoms with van der Waals surface area (Å²) in [5.74, 6) is 0.985. The van der Waals surface area contributed by atoms with Crippen LogP contribution < -0.4 is 5.32 Å². The van der Waals surface area contributed by atoms with Crippen molar-refractivity contribution in [3.05, 3.63) is 21.9 Å². The van der Waals surface area contributed by atoms with Gasteiger partial charge in [0.15, 0.2) is 0 Å². The van der Waals surface area contributed by atoms with Gasteiger partial charge in [0.05, 0.1) is 0 Å². The van der Waals surface area contributed by atoms with Gasteiger partial charge in [0, 0.05) is 21.8 Å². The SMILES string of the molecule is Cc1ccc(CNC23CC4CC(C)(CC(C)(C4)C2)C3)s1. The Labute approximate surface area is 127 Å². The van der Waals surface area contributed by atoms with Crippen LogP contribution in [0.4, 0.5) is 0 Å². The summed E-state index contributed by atoms with van der Waals surface area (Å²) in [6.45, 7) is 8.40. The van der Waals surface area contributed by atoms with E-state index in [4.69, 9.17) is 0 Å². The molecule has 2 unspecified atom stereocenters. The molecule has 0 aromatic carbocycles. The van der Waals surface area contributed by atoms with E-state index in [0.29, 0.717) is 16.4 Å². The Morgan fingerprint density at radius 1 is 1.10 bits per heavy atom. The molecule has 110 valence electrons. The summed E-state index contributed by atoms with van der Waals surface area (Å²) in [5, 5.41) is 4.02. The van der Waals surface area contributed by atoms with Crippen molar-refractivity contribution in [2.24, 2.45) is 16.7 Å². The van der Waals surface area contributed by atoms with Gasteiger partial charge in [-0.25, -0.2) is 0 Å². The van der Waals surface area contributed by atoms with E-state index in [0.717, 1.165) is 12.5 Å². The number of nitrogens with one attached hydrogen (secondary N) is 1. The molecule has 0 radical (unpaired) electrons. The first-order valence-corrected chi connectivity index (χ1v) is 9.00. The van der Waals surface area contributed by atoms with Crippen LogP contribution in [-0.4, -0.2) is 5.54 Å². The Morgan fingerprint density at radius 2 is 1.80 bits per heavy atom. The predicted molar refractivity (Wildman–Crippen MR) is 86.0 cm³/mol. The zero-order valence-electron chi connectivity index (χ0n) is 13.1. The first-order valence-electron chi connectivity index (χ1n) is 8.18. The number of rotatable bonds is 3. The zero-order chi connectivity index (χ0) is 14.0. The third-order valence-electron chi connectivity index (χ3n) is 6.06. The van der Waals surface area contributed by atoms with E-state index in [1.807, 2.05) is 11.3 Å². The maximum atomic E-state index is 4.02. The smallest absolute Gasteiger partial charge is 0.0305 e. The van der Waals surface area contributed by atoms with Crippen molar-refractivity contribution >= 4 is 11.3 Å². The van der Waals surface area contributed by atoms with Gasteiger partial charge in [-0.3, -0.25) is 0 Å². The van der Waals surface area contributed by atoms with Crippen LogP contribution in [0.3, 0.4) is 0 Å². The molecule has 0 saturated heterocycles. The maximum absolute atomic E-state index is 4.02. The topological polar surface area (TPSA) is 12.0 Å². The first kappa shape index (κ1) is 13.3. The standard InChI is InChI=1S/C18H27NS/c1-13-4-5-15(20-13)9-19-18-8-14-6-16(2,11-18)10-17(3,7-14)12-18/h4-5,14,19H,6-12H2,1-3H3. The van der Waals surface area contributed by atoms with E-state index in [1.54, 1.807) is 0 Å². The Morgan fingerprint density at radius 3 is 2.35 bits per heavy atom. The average molecular weight is 289 g/mol. The molecule has 1 nitrogen and oxygen atoms in total. The molecular weight excluding hydrogens is 262 g/mol. The fraction of sp³-hybridized carbons (Fsp3) is 0.778. The van der Waals surface area contributed by atoms with Crippen LogP contribution in [0.1, 0.15) is 62.1 Å². The molecule has 2 atom stereocenters. The normalized spacial score (nSPS) is 46.0. The van der Waals surface area contributed by atoms with Crippen LogP contribution in [0.2, 0.25) is 0 Å². The minimum atomic E-state index is 0.445. The van der Waals surface area contributed by atoms with Crippen LogP contribution in [0.5, 0.6) is 0 Å². The zero-order valence-corrected chi connectivity index (χ0v) is 13.9. The van der Waals surface area contributed by atoms with Gasteiger partial charge >= 0.3 is 0 Å². The van der Waals surface area contributed by atoms with Gasteiger partial charge in [-0.15, -0.1) is 11.3 Å². The summed E-state index contributed by atoms with van der Waals surface area (Å²) in [5.41, 5.74) is 1.68. The van der Waals surface area contributed by atoms with Gasteiger partial charge in [-0.2, -0.15) is 0 Å². The molecule has 2 heteroatoms. The van der Waals surface area contributed by atoms with Crippen molar-refractivity contribution in [1.29, 1.82) is 0 Å². The molecule has 1 aromatic rings. The summed E-state index contributed by atoms with van der Waals surface area (Å²) in [4.78, 5) is 2.94. The highest BCUT2D eigenvalue weighted by Crippen LogP contribution is 2.66. The molecule has 20 heavy (non-hydrogen) atoms. The minimum absolute atomic E-state index is 0.445. The Hall–Kier alpha value is -0.340. The lowest BCUT2D eigenvalue weighted by molar-refractivity contribution is -0.118. The quantitative estimate of drug-likeness (QED) is 0.835. The molecule has 0 amide bonds. The van der Waals surface area contributed by atoms with Crippen molar-refractivity contribution in [3.8, 4) is 0 Å². The molecule has 1 aromatic heterocycles. The lowest BCUT2D eigenvalue weighted by Gasteiger charge is -2.65. The fourth-order valence-electron chi connectivity index (χ4n) is 6.50. The third kappa shape index (κ3) is 2.16. The van der Waals surface area contributed by atoms with Crippen LogP contribution in [0.15, 0.2) is 12.1 Å². The van der Waals surface area contributed by atoms with Crippen molar-refractivity contribution in [2.75, 3.05) is 0 Å². The lowest BCUT2D eigenvalue weighted by Crippen LogP contribution is -2.63. The molecule has 1 heterocycles. The molecule has 0 spiro atoms. The van der Waals surface area contributed by atoms with Crippen molar-refractivity contribution in [1.82, 2.24) is 5.32 Å². The summed E-state index contributed by atoms with van der Waals surface area (Å²) in [6, 6.07) is 4.56. The molecule has 4 bridgehead atoms. The van der Waals surface area contributed by atoms with Crippen molar-refractivity contribution < 1.29 is 0 Å². The summed E-state index contributed by atoms with van der Waals surface area (Å²) in [7, 11) is 0. The van der Waals surface area contributed by atoms with Crippen LogP contribution in [0, 0.1) is 23.7 Å². The fourth-order valence-corrected chi connectivity index (χ4v) is 7.33. The molecular formula is C18H27NS. The van der Waals surface area contributed by atoms with E-state index >= 15 is 0 Å². The number of hydrogen-bond acceptors (Lipinski definition) is 2. The van der Waals surface area contributed by atoms with Gasteiger partial charge in [-0.05, 0) is 74.3 Å². The molecule has 4 aliphatic rings. The monoisotopic (exact) mass is 289 g/mol. The highest BCUT2D eigenvalue weighted by atomic mass is 32.1. The highest BCUT2D eigenvalue weighted by Gasteiger charge is 2.59. The second kappa shape index (κ2) is 4.10. The van der Waals surface area contributed by atoms with Crippen LogP contribution in [0.25, 0.3) is 0 Å². The third-order valence-corrected chi connectivity index (χ3v) is 7.06. The molecule has 4 fully saturated rings. The van der Waals surface area contributed by atoms with Crippen LogP contribution in [-0.2, 0) is 6.54 Å². The second-order valence-electron chi connectivity index (χ2n) is 8.78. The predicted octanol–water partition coefficient (Wildman–Crippen LogP) is 4.90. The van der Waals surface area contributed by atoms with Gasteiger partial charge in [0.1, 0.15) is 0 Å². The summed E-state index contributed by atoms with van der Waals surface area (Å²) in [6.07, 6.45) is 8.71. The average Bonchev–Trinajstić information content (AvgIpc) is 2.68. The highest BCUT2D eigenvalue weighted by molar-refractivity contribution is 7.11. The van der Waals surface area contributed by atoms with Crippen molar-refractivity contribution in [2.45, 2.75) is 71.4 Å². The van der Waals surface area contributed by atoms with Gasteiger partial charge in [0.25, 0.3) is 0 Å². The van der Waals surface area contributed by atoms with Gasteiger partial charge in [0.2, 0.25) is 0 Å². The molecule has 0 aliphatic heterocycles. The first-order chi connectivity index (χ1) is 9.38. The molecule has 4 aliphatic carbocycles. The number of thiophene rings is 1. The van der Waals surface area contributed by atoms with E-state index in [9.17, 15) is 0 Å². The maximum Gasteiger partial charge on any atom is 0.0305 e. The molecule has 4 saturated carbocycles. The van der Waals surface area contributed by atoms with Gasteiger partial charge in [-0.1, -0.05) is 13.8 Å². The number of hydrogen-bond donors (Lipinski definition) is 1. The second-order valence-corrected chi connectivity index (χ2v) is 10.1. The number of aryl methyl sites for hydroxylation is 1. The van der Waals surface area contributed by atoms with Crippen molar-refractivity contribution in [3.63, 3.8) is 0 Å². The minimum Gasteiger partial charge on any atom is -0.306 e. The Bertz CT molecular complexity index is 513. The van der Waals surface area contributed by atoms with E-state index in [1.165, 1.54) is 48.3 Å². The molecule has 1 N–H and O–H groups in total.